The van der Waals surface area contributed by atoms with Gasteiger partial charge in [-0.3, -0.25) is 9.78 Å². The molecule has 0 radical (unpaired) electrons. The normalized spacial score (nSPS) is 34.1. The molecule has 0 bridgehead atoms. The number of aliphatic hydroxyl groups excluding tert-OH is 3. The minimum atomic E-state index is -1.83. The zero-order chi connectivity index (χ0) is 14.2. The first-order valence-electron chi connectivity index (χ1n) is 5.26. The highest BCUT2D eigenvalue weighted by atomic mass is 16.6. The Morgan fingerprint density at radius 3 is 2.74 bits per heavy atom. The average Bonchev–Trinajstić information content (AvgIpc) is 2.64. The molecular formula is C10H11N3O6. The number of hydrogen-bond acceptors (Lipinski definition) is 7. The van der Waals surface area contributed by atoms with Crippen LogP contribution in [0.2, 0.25) is 0 Å². The van der Waals surface area contributed by atoms with E-state index in [9.17, 15) is 24.9 Å². The van der Waals surface area contributed by atoms with Gasteiger partial charge in [-0.1, -0.05) is 5.92 Å². The second kappa shape index (κ2) is 4.60. The van der Waals surface area contributed by atoms with Gasteiger partial charge in [-0.15, -0.1) is 6.42 Å². The molecule has 1 saturated heterocycles. The number of aliphatic hydroxyl groups is 3. The summed E-state index contributed by atoms with van der Waals surface area (Å²) in [6, 6.07) is 0. The molecule has 2 rings (SSSR count). The highest BCUT2D eigenvalue weighted by Gasteiger charge is 2.54. The average molecular weight is 269 g/mol. The number of H-pyrrole nitrogens is 1. The standard InChI is InChI=1S/C10H11N3O6/c1-2-10(4-14)7(17)6(16)8(19-10)13-9(18)12-5(15)3-11-13/h1,3,6-8,14,16-17H,4H2,(H,12,15,18)/t6?,7?,8-,10-/m1/s1. The topological polar surface area (TPSA) is 138 Å². The van der Waals surface area contributed by atoms with Crippen molar-refractivity contribution < 1.29 is 20.1 Å². The maximum Gasteiger partial charge on any atom is 0.347 e. The van der Waals surface area contributed by atoms with Gasteiger partial charge in [0.2, 0.25) is 0 Å². The summed E-state index contributed by atoms with van der Waals surface area (Å²) < 4.78 is 5.80. The number of aromatic amines is 1. The molecular weight excluding hydrogens is 258 g/mol. The van der Waals surface area contributed by atoms with E-state index < -0.39 is 41.9 Å². The van der Waals surface area contributed by atoms with Gasteiger partial charge in [-0.25, -0.2) is 4.79 Å². The van der Waals surface area contributed by atoms with Gasteiger partial charge < -0.3 is 20.1 Å². The second-order valence-corrected chi connectivity index (χ2v) is 4.02. The van der Waals surface area contributed by atoms with Gasteiger partial charge in [0.1, 0.15) is 18.4 Å². The van der Waals surface area contributed by atoms with Crippen molar-refractivity contribution in [3.05, 3.63) is 27.0 Å². The summed E-state index contributed by atoms with van der Waals surface area (Å²) in [7, 11) is 0. The minimum Gasteiger partial charge on any atom is -0.392 e. The smallest absolute Gasteiger partial charge is 0.347 e. The molecule has 4 atom stereocenters. The number of nitrogens with zero attached hydrogens (tertiary/aromatic N) is 2. The van der Waals surface area contributed by atoms with Crippen LogP contribution in [0.15, 0.2) is 15.8 Å². The molecule has 0 saturated carbocycles. The third kappa shape index (κ3) is 1.96. The second-order valence-electron chi connectivity index (χ2n) is 4.02. The molecule has 2 unspecified atom stereocenters. The van der Waals surface area contributed by atoms with Gasteiger partial charge in [-0.05, 0) is 0 Å². The number of terminal acetylenes is 1. The Bertz CT molecular complexity index is 631. The Hall–Kier alpha value is -1.99. The largest absolute Gasteiger partial charge is 0.392 e. The van der Waals surface area contributed by atoms with E-state index in [0.717, 1.165) is 6.20 Å². The summed E-state index contributed by atoms with van der Waals surface area (Å²) in [4.78, 5) is 24.3. The fourth-order valence-electron chi connectivity index (χ4n) is 1.82. The van der Waals surface area contributed by atoms with Crippen molar-refractivity contribution in [1.29, 1.82) is 0 Å². The van der Waals surface area contributed by atoms with Crippen LogP contribution in [0.3, 0.4) is 0 Å². The molecule has 0 aromatic carbocycles. The Labute approximate surface area is 106 Å². The molecule has 19 heavy (non-hydrogen) atoms. The van der Waals surface area contributed by atoms with Crippen molar-refractivity contribution in [3.63, 3.8) is 0 Å². The summed E-state index contributed by atoms with van der Waals surface area (Å²) >= 11 is 0. The first-order chi connectivity index (χ1) is 8.95. The SMILES string of the molecule is C#C[C@]1(CO)O[C@@H](n2ncc(=O)[nH]c2=O)C(O)C1O. The van der Waals surface area contributed by atoms with Crippen LogP contribution in [0.4, 0.5) is 0 Å². The lowest BCUT2D eigenvalue weighted by atomic mass is 9.97. The van der Waals surface area contributed by atoms with Crippen molar-refractivity contribution in [3.8, 4) is 12.3 Å². The molecule has 9 heteroatoms. The maximum absolute atomic E-state index is 11.5. The quantitative estimate of drug-likeness (QED) is 0.409. The first kappa shape index (κ1) is 13.4. The molecule has 1 aromatic heterocycles. The molecule has 1 aliphatic rings. The highest BCUT2D eigenvalue weighted by molar-refractivity contribution is 5.18. The van der Waals surface area contributed by atoms with Crippen LogP contribution >= 0.6 is 0 Å². The number of hydrogen-bond donors (Lipinski definition) is 4. The Balaban J connectivity index is 2.46. The van der Waals surface area contributed by atoms with Crippen LogP contribution < -0.4 is 11.2 Å². The van der Waals surface area contributed by atoms with Crippen LogP contribution in [0.25, 0.3) is 0 Å². The predicted molar refractivity (Wildman–Crippen MR) is 59.9 cm³/mol. The first-order valence-corrected chi connectivity index (χ1v) is 5.26. The summed E-state index contributed by atoms with van der Waals surface area (Å²) in [6.45, 7) is -0.754. The molecule has 2 heterocycles. The minimum absolute atomic E-state index is 0.629. The molecule has 0 amide bonds. The molecule has 1 aromatic rings. The zero-order valence-electron chi connectivity index (χ0n) is 9.55. The van der Waals surface area contributed by atoms with Crippen molar-refractivity contribution >= 4 is 0 Å². The van der Waals surface area contributed by atoms with Gasteiger partial charge in [-0.2, -0.15) is 9.78 Å². The number of rotatable bonds is 2. The molecule has 0 aliphatic carbocycles. The Morgan fingerprint density at radius 2 is 2.26 bits per heavy atom. The lowest BCUT2D eigenvalue weighted by Crippen LogP contribution is -2.45. The Morgan fingerprint density at radius 1 is 1.58 bits per heavy atom. The lowest BCUT2D eigenvalue weighted by Gasteiger charge is -2.23. The summed E-state index contributed by atoms with van der Waals surface area (Å²) in [5, 5.41) is 32.3. The molecule has 9 nitrogen and oxygen atoms in total. The van der Waals surface area contributed by atoms with Crippen LogP contribution in [-0.4, -0.2) is 54.5 Å². The van der Waals surface area contributed by atoms with E-state index in [2.05, 4.69) is 5.10 Å². The number of aromatic nitrogens is 3. The van der Waals surface area contributed by atoms with Crippen molar-refractivity contribution in [2.75, 3.05) is 6.61 Å². The zero-order valence-corrected chi connectivity index (χ0v) is 9.55. The van der Waals surface area contributed by atoms with E-state index in [1.54, 1.807) is 0 Å². The van der Waals surface area contributed by atoms with Gasteiger partial charge in [0.25, 0.3) is 5.56 Å². The molecule has 102 valence electrons. The molecule has 1 fully saturated rings. The van der Waals surface area contributed by atoms with Gasteiger partial charge in [0, 0.05) is 0 Å². The Kier molecular flexibility index (Phi) is 3.25. The molecule has 1 aliphatic heterocycles. The fourth-order valence-corrected chi connectivity index (χ4v) is 1.82. The van der Waals surface area contributed by atoms with E-state index in [4.69, 9.17) is 11.2 Å². The predicted octanol–water partition coefficient (Wildman–Crippen LogP) is -3.45. The monoisotopic (exact) mass is 269 g/mol. The molecule has 0 spiro atoms. The van der Waals surface area contributed by atoms with E-state index in [-0.39, 0.29) is 0 Å². The summed E-state index contributed by atoms with van der Waals surface area (Å²) in [6.07, 6.45) is 1.37. The lowest BCUT2D eigenvalue weighted by molar-refractivity contribution is -0.0981. The van der Waals surface area contributed by atoms with E-state index in [1.165, 1.54) is 0 Å². The van der Waals surface area contributed by atoms with E-state index >= 15 is 0 Å². The van der Waals surface area contributed by atoms with Gasteiger partial charge in [0.05, 0.1) is 6.61 Å². The van der Waals surface area contributed by atoms with Crippen molar-refractivity contribution in [2.45, 2.75) is 24.0 Å². The summed E-state index contributed by atoms with van der Waals surface area (Å²) in [5.41, 5.74) is -3.49. The van der Waals surface area contributed by atoms with E-state index in [0.29, 0.717) is 4.68 Å². The number of ether oxygens (including phenoxy) is 1. The third-order valence-corrected chi connectivity index (χ3v) is 2.88. The van der Waals surface area contributed by atoms with Crippen molar-refractivity contribution in [2.24, 2.45) is 0 Å². The van der Waals surface area contributed by atoms with Gasteiger partial charge >= 0.3 is 5.69 Å². The van der Waals surface area contributed by atoms with Gasteiger partial charge in [0.15, 0.2) is 11.8 Å². The van der Waals surface area contributed by atoms with Crippen LogP contribution in [0.1, 0.15) is 6.23 Å². The van der Waals surface area contributed by atoms with Crippen LogP contribution in [0.5, 0.6) is 0 Å². The van der Waals surface area contributed by atoms with Crippen molar-refractivity contribution in [1.82, 2.24) is 14.8 Å². The number of nitrogens with one attached hydrogen (secondary N) is 1. The summed E-state index contributed by atoms with van der Waals surface area (Å²) in [5.74, 6) is 2.04. The van der Waals surface area contributed by atoms with Crippen LogP contribution in [0, 0.1) is 12.3 Å². The maximum atomic E-state index is 11.5. The van der Waals surface area contributed by atoms with E-state index in [1.807, 2.05) is 10.9 Å². The fraction of sp³-hybridized carbons (Fsp3) is 0.500. The van der Waals surface area contributed by atoms with Crippen LogP contribution in [-0.2, 0) is 4.74 Å². The highest BCUT2D eigenvalue weighted by Crippen LogP contribution is 2.35. The third-order valence-electron chi connectivity index (χ3n) is 2.88. The molecule has 4 N–H and O–H groups in total.